The molecular weight excluding hydrogens is 392 g/mol. The van der Waals surface area contributed by atoms with Crippen molar-refractivity contribution >= 4 is 5.91 Å². The molecule has 0 spiro atoms. The number of rotatable bonds is 8. The van der Waals surface area contributed by atoms with Crippen LogP contribution in [-0.4, -0.2) is 26.7 Å². The van der Waals surface area contributed by atoms with Gasteiger partial charge in [-0.15, -0.1) is 0 Å². The normalized spacial score (nSPS) is 11.6. The highest BCUT2D eigenvalue weighted by Crippen LogP contribution is 2.27. The first kappa shape index (κ1) is 21.1. The van der Waals surface area contributed by atoms with E-state index in [0.29, 0.717) is 22.6 Å². The number of halogens is 2. The zero-order valence-corrected chi connectivity index (χ0v) is 16.5. The Morgan fingerprint density at radius 2 is 1.37 bits per heavy atom. The second kappa shape index (κ2) is 9.73. The fourth-order valence-electron chi connectivity index (χ4n) is 3.00. The molecule has 0 saturated heterocycles. The van der Waals surface area contributed by atoms with E-state index in [9.17, 15) is 13.6 Å². The molecule has 1 amide bonds. The summed E-state index contributed by atoms with van der Waals surface area (Å²) in [7, 11) is 3.01. The van der Waals surface area contributed by atoms with Gasteiger partial charge < -0.3 is 19.5 Å². The van der Waals surface area contributed by atoms with E-state index in [2.05, 4.69) is 10.1 Å². The number of benzene rings is 3. The van der Waals surface area contributed by atoms with E-state index in [1.807, 2.05) is 30.3 Å². The van der Waals surface area contributed by atoms with E-state index in [1.54, 1.807) is 30.3 Å². The molecule has 1 N–H and O–H groups in total. The highest BCUT2D eigenvalue weighted by molar-refractivity contribution is 5.95. The predicted octanol–water partition coefficient (Wildman–Crippen LogP) is 4.82. The summed E-state index contributed by atoms with van der Waals surface area (Å²) in [5, 5.41) is 2.99. The molecule has 1 atom stereocenters. The summed E-state index contributed by atoms with van der Waals surface area (Å²) in [6, 6.07) is 19.9. The Bertz CT molecular complexity index is 956. The van der Waals surface area contributed by atoms with Crippen molar-refractivity contribution in [1.29, 1.82) is 0 Å². The molecule has 0 saturated carbocycles. The second-order valence-corrected chi connectivity index (χ2v) is 6.37. The Kier molecular flexibility index (Phi) is 6.85. The van der Waals surface area contributed by atoms with E-state index >= 15 is 0 Å². The van der Waals surface area contributed by atoms with E-state index < -0.39 is 12.7 Å². The number of ether oxygens (including phenoxy) is 3. The van der Waals surface area contributed by atoms with Gasteiger partial charge in [0.2, 0.25) is 0 Å². The SMILES string of the molecule is COc1cc(OC)cc(C(=O)N[C@@H](c2ccccc2)c2ccc(OC(F)F)cc2)c1. The molecule has 156 valence electrons. The predicted molar refractivity (Wildman–Crippen MR) is 108 cm³/mol. The highest BCUT2D eigenvalue weighted by atomic mass is 19.3. The van der Waals surface area contributed by atoms with Crippen LogP contribution in [0.1, 0.15) is 27.5 Å². The minimum Gasteiger partial charge on any atom is -0.497 e. The van der Waals surface area contributed by atoms with E-state index in [1.165, 1.54) is 26.4 Å². The number of carbonyl (C=O) groups is 1. The van der Waals surface area contributed by atoms with Crippen LogP contribution in [0.25, 0.3) is 0 Å². The zero-order valence-electron chi connectivity index (χ0n) is 16.5. The first-order valence-electron chi connectivity index (χ1n) is 9.14. The lowest BCUT2D eigenvalue weighted by molar-refractivity contribution is -0.0498. The number of alkyl halides is 2. The van der Waals surface area contributed by atoms with Crippen LogP contribution < -0.4 is 19.5 Å². The number of carbonyl (C=O) groups excluding carboxylic acids is 1. The number of methoxy groups -OCH3 is 2. The van der Waals surface area contributed by atoms with Crippen LogP contribution >= 0.6 is 0 Å². The lowest BCUT2D eigenvalue weighted by atomic mass is 9.98. The third-order valence-corrected chi connectivity index (χ3v) is 4.46. The summed E-state index contributed by atoms with van der Waals surface area (Å²) in [5.74, 6) is 0.687. The van der Waals surface area contributed by atoms with Gasteiger partial charge >= 0.3 is 6.61 Å². The molecule has 0 heterocycles. The fourth-order valence-corrected chi connectivity index (χ4v) is 3.00. The molecule has 0 bridgehead atoms. The van der Waals surface area contributed by atoms with Gasteiger partial charge in [-0.25, -0.2) is 0 Å². The lowest BCUT2D eigenvalue weighted by Crippen LogP contribution is -2.29. The molecule has 0 aliphatic carbocycles. The van der Waals surface area contributed by atoms with Crippen LogP contribution in [0.5, 0.6) is 17.2 Å². The summed E-state index contributed by atoms with van der Waals surface area (Å²) in [5.41, 5.74) is 1.92. The maximum Gasteiger partial charge on any atom is 0.387 e. The molecule has 3 aromatic carbocycles. The minimum absolute atomic E-state index is 0.0458. The standard InChI is InChI=1S/C23H21F2NO4/c1-28-19-12-17(13-20(14-19)29-2)22(27)26-21(15-6-4-3-5-7-15)16-8-10-18(11-9-16)30-23(24)25/h3-14,21,23H,1-2H3,(H,26,27)/t21-/m0/s1. The van der Waals surface area contributed by atoms with Crippen LogP contribution in [0.2, 0.25) is 0 Å². The van der Waals surface area contributed by atoms with Crippen LogP contribution in [0.15, 0.2) is 72.8 Å². The fraction of sp³-hybridized carbons (Fsp3) is 0.174. The smallest absolute Gasteiger partial charge is 0.387 e. The first-order valence-corrected chi connectivity index (χ1v) is 9.14. The third-order valence-electron chi connectivity index (χ3n) is 4.46. The Labute approximate surface area is 173 Å². The van der Waals surface area contributed by atoms with E-state index in [4.69, 9.17) is 9.47 Å². The van der Waals surface area contributed by atoms with Gasteiger partial charge in [0.05, 0.1) is 20.3 Å². The van der Waals surface area contributed by atoms with Gasteiger partial charge in [0.25, 0.3) is 5.91 Å². The first-order chi connectivity index (χ1) is 14.5. The Hall–Kier alpha value is -3.61. The van der Waals surface area contributed by atoms with Gasteiger partial charge in [-0.3, -0.25) is 4.79 Å². The number of hydrogen-bond donors (Lipinski definition) is 1. The molecule has 0 radical (unpaired) electrons. The minimum atomic E-state index is -2.90. The highest BCUT2D eigenvalue weighted by Gasteiger charge is 2.19. The topological polar surface area (TPSA) is 56.8 Å². The molecule has 0 unspecified atom stereocenters. The van der Waals surface area contributed by atoms with E-state index in [0.717, 1.165) is 5.56 Å². The number of hydrogen-bond acceptors (Lipinski definition) is 4. The molecule has 0 aliphatic heterocycles. The summed E-state index contributed by atoms with van der Waals surface area (Å²) >= 11 is 0. The zero-order chi connectivity index (χ0) is 21.5. The molecule has 0 aliphatic rings. The van der Waals surface area contributed by atoms with Gasteiger partial charge in [0, 0.05) is 11.6 Å². The van der Waals surface area contributed by atoms with Crippen molar-refractivity contribution in [2.45, 2.75) is 12.7 Å². The van der Waals surface area contributed by atoms with Crippen LogP contribution in [0.4, 0.5) is 8.78 Å². The van der Waals surface area contributed by atoms with Crippen molar-refractivity contribution < 1.29 is 27.8 Å². The molecule has 7 heteroatoms. The number of nitrogens with one attached hydrogen (secondary N) is 1. The summed E-state index contributed by atoms with van der Waals surface area (Å²) in [4.78, 5) is 13.0. The summed E-state index contributed by atoms with van der Waals surface area (Å²) in [6.07, 6.45) is 0. The van der Waals surface area contributed by atoms with Gasteiger partial charge in [-0.2, -0.15) is 8.78 Å². The Morgan fingerprint density at radius 1 is 0.800 bits per heavy atom. The summed E-state index contributed by atoms with van der Waals surface area (Å²) < 4.78 is 39.7. The van der Waals surface area contributed by atoms with Crippen molar-refractivity contribution in [2.24, 2.45) is 0 Å². The second-order valence-electron chi connectivity index (χ2n) is 6.37. The molecule has 0 fully saturated rings. The Morgan fingerprint density at radius 3 is 1.90 bits per heavy atom. The van der Waals surface area contributed by atoms with Crippen molar-refractivity contribution in [2.75, 3.05) is 14.2 Å². The van der Waals surface area contributed by atoms with Gasteiger partial charge in [0.15, 0.2) is 0 Å². The average molecular weight is 413 g/mol. The monoisotopic (exact) mass is 413 g/mol. The molecule has 3 rings (SSSR count). The van der Waals surface area contributed by atoms with Gasteiger partial charge in [0.1, 0.15) is 17.2 Å². The molecule has 5 nitrogen and oxygen atoms in total. The van der Waals surface area contributed by atoms with E-state index in [-0.39, 0.29) is 11.7 Å². The molecule has 0 aromatic heterocycles. The van der Waals surface area contributed by atoms with Gasteiger partial charge in [-0.1, -0.05) is 42.5 Å². The van der Waals surface area contributed by atoms with Crippen molar-refractivity contribution in [3.8, 4) is 17.2 Å². The average Bonchev–Trinajstić information content (AvgIpc) is 2.77. The van der Waals surface area contributed by atoms with Crippen molar-refractivity contribution in [1.82, 2.24) is 5.32 Å². The van der Waals surface area contributed by atoms with Crippen LogP contribution in [0, 0.1) is 0 Å². The van der Waals surface area contributed by atoms with Gasteiger partial charge in [-0.05, 0) is 35.4 Å². The maximum atomic E-state index is 13.0. The molecule has 3 aromatic rings. The lowest BCUT2D eigenvalue weighted by Gasteiger charge is -2.21. The quantitative estimate of drug-likeness (QED) is 0.575. The van der Waals surface area contributed by atoms with Crippen LogP contribution in [-0.2, 0) is 0 Å². The van der Waals surface area contributed by atoms with Crippen molar-refractivity contribution in [3.63, 3.8) is 0 Å². The largest absolute Gasteiger partial charge is 0.497 e. The molecular formula is C23H21F2NO4. The molecule has 30 heavy (non-hydrogen) atoms. The Balaban J connectivity index is 1.91. The number of amides is 1. The van der Waals surface area contributed by atoms with Crippen LogP contribution in [0.3, 0.4) is 0 Å². The third kappa shape index (κ3) is 5.26. The summed E-state index contributed by atoms with van der Waals surface area (Å²) in [6.45, 7) is -2.90. The van der Waals surface area contributed by atoms with Crippen molar-refractivity contribution in [3.05, 3.63) is 89.5 Å². The maximum absolute atomic E-state index is 13.0.